The molecule has 1 atom stereocenters. The summed E-state index contributed by atoms with van der Waals surface area (Å²) in [5.74, 6) is -1.04. The summed E-state index contributed by atoms with van der Waals surface area (Å²) >= 11 is 0. The van der Waals surface area contributed by atoms with Crippen LogP contribution in [0.4, 0.5) is 4.79 Å². The molecule has 0 aromatic heterocycles. The molecular formula is C23H29NO4. The van der Waals surface area contributed by atoms with Crippen molar-refractivity contribution in [1.82, 2.24) is 5.32 Å². The van der Waals surface area contributed by atoms with Gasteiger partial charge in [-0.1, -0.05) is 61.0 Å². The van der Waals surface area contributed by atoms with Crippen LogP contribution in [0.25, 0.3) is 11.1 Å². The highest BCUT2D eigenvalue weighted by molar-refractivity contribution is 5.79. The number of amides is 1. The molecule has 2 rings (SSSR count). The van der Waals surface area contributed by atoms with Crippen molar-refractivity contribution < 1.29 is 19.4 Å². The van der Waals surface area contributed by atoms with Crippen molar-refractivity contribution in [2.24, 2.45) is 0 Å². The van der Waals surface area contributed by atoms with Gasteiger partial charge in [0, 0.05) is 0 Å². The van der Waals surface area contributed by atoms with E-state index in [4.69, 9.17) is 4.74 Å². The van der Waals surface area contributed by atoms with E-state index in [1.54, 1.807) is 20.8 Å². The zero-order valence-electron chi connectivity index (χ0n) is 16.8. The van der Waals surface area contributed by atoms with E-state index in [9.17, 15) is 14.7 Å². The molecule has 0 saturated heterocycles. The molecular weight excluding hydrogens is 354 g/mol. The Kier molecular flexibility index (Phi) is 7.61. The van der Waals surface area contributed by atoms with Gasteiger partial charge in [-0.2, -0.15) is 0 Å². The van der Waals surface area contributed by atoms with Crippen LogP contribution >= 0.6 is 0 Å². The van der Waals surface area contributed by atoms with Crippen LogP contribution in [0, 0.1) is 0 Å². The van der Waals surface area contributed by atoms with Gasteiger partial charge >= 0.3 is 12.1 Å². The Hall–Kier alpha value is -2.82. The third-order valence-corrected chi connectivity index (χ3v) is 4.26. The van der Waals surface area contributed by atoms with Crippen molar-refractivity contribution in [2.75, 3.05) is 0 Å². The summed E-state index contributed by atoms with van der Waals surface area (Å²) in [5.41, 5.74) is 2.93. The summed E-state index contributed by atoms with van der Waals surface area (Å²) in [6.07, 6.45) is 2.10. The van der Waals surface area contributed by atoms with E-state index in [-0.39, 0.29) is 0 Å². The summed E-state index contributed by atoms with van der Waals surface area (Å²) in [5, 5.41) is 11.7. The zero-order valence-corrected chi connectivity index (χ0v) is 16.8. The number of rotatable bonds is 8. The van der Waals surface area contributed by atoms with Gasteiger partial charge in [-0.15, -0.1) is 0 Å². The van der Waals surface area contributed by atoms with Crippen molar-refractivity contribution >= 4 is 12.1 Å². The minimum atomic E-state index is -1.04. The summed E-state index contributed by atoms with van der Waals surface area (Å²) in [4.78, 5) is 23.1. The van der Waals surface area contributed by atoms with Gasteiger partial charge < -0.3 is 15.2 Å². The number of ether oxygens (including phenoxy) is 1. The second kappa shape index (κ2) is 9.93. The lowest BCUT2D eigenvalue weighted by Crippen LogP contribution is -2.43. The van der Waals surface area contributed by atoms with Crippen molar-refractivity contribution in [2.45, 2.75) is 58.1 Å². The first-order valence-corrected chi connectivity index (χ1v) is 9.61. The third-order valence-electron chi connectivity index (χ3n) is 4.26. The molecule has 0 heterocycles. The Morgan fingerprint density at radius 1 is 0.964 bits per heavy atom. The zero-order chi connectivity index (χ0) is 20.6. The lowest BCUT2D eigenvalue weighted by molar-refractivity contribution is -0.139. The van der Waals surface area contributed by atoms with E-state index >= 15 is 0 Å². The number of aliphatic carboxylic acids is 1. The smallest absolute Gasteiger partial charge is 0.408 e. The maximum Gasteiger partial charge on any atom is 0.408 e. The van der Waals surface area contributed by atoms with Crippen LogP contribution in [0.2, 0.25) is 0 Å². The van der Waals surface area contributed by atoms with E-state index in [1.807, 2.05) is 18.2 Å². The number of carbonyl (C=O) groups excluding carboxylic acids is 1. The Morgan fingerprint density at radius 3 is 2.14 bits per heavy atom. The number of carbonyl (C=O) groups is 2. The van der Waals surface area contributed by atoms with Crippen molar-refractivity contribution in [3.8, 4) is 11.1 Å². The largest absolute Gasteiger partial charge is 0.480 e. The van der Waals surface area contributed by atoms with E-state index in [1.165, 1.54) is 16.7 Å². The second-order valence-corrected chi connectivity index (χ2v) is 7.85. The fourth-order valence-electron chi connectivity index (χ4n) is 2.88. The molecule has 150 valence electrons. The Balaban J connectivity index is 1.78. The molecule has 2 aromatic rings. The molecule has 0 bridgehead atoms. The van der Waals surface area contributed by atoms with Gasteiger partial charge in [-0.05, 0) is 56.7 Å². The first-order valence-electron chi connectivity index (χ1n) is 9.61. The molecule has 2 N–H and O–H groups in total. The van der Waals surface area contributed by atoms with Crippen LogP contribution in [0.15, 0.2) is 54.6 Å². The van der Waals surface area contributed by atoms with Crippen LogP contribution in [-0.4, -0.2) is 28.8 Å². The maximum atomic E-state index is 11.8. The van der Waals surface area contributed by atoms with Crippen LogP contribution in [0.5, 0.6) is 0 Å². The number of hydrogen-bond donors (Lipinski definition) is 2. The number of aryl methyl sites for hydroxylation is 1. The monoisotopic (exact) mass is 383 g/mol. The molecule has 0 saturated carbocycles. The topological polar surface area (TPSA) is 75.6 Å². The lowest BCUT2D eigenvalue weighted by atomic mass is 10.0. The van der Waals surface area contributed by atoms with Gasteiger partial charge in [0.1, 0.15) is 11.6 Å². The van der Waals surface area contributed by atoms with Crippen molar-refractivity contribution in [3.05, 3.63) is 60.2 Å². The van der Waals surface area contributed by atoms with Gasteiger partial charge in [-0.25, -0.2) is 9.59 Å². The molecule has 0 aliphatic carbocycles. The molecule has 0 fully saturated rings. The highest BCUT2D eigenvalue weighted by atomic mass is 16.6. The third kappa shape index (κ3) is 7.43. The van der Waals surface area contributed by atoms with Gasteiger partial charge in [0.2, 0.25) is 0 Å². The Labute approximate surface area is 166 Å². The van der Waals surface area contributed by atoms with Crippen LogP contribution in [0.3, 0.4) is 0 Å². The molecule has 1 amide bonds. The first-order chi connectivity index (χ1) is 13.2. The second-order valence-electron chi connectivity index (χ2n) is 7.85. The maximum absolute atomic E-state index is 11.8. The Bertz CT molecular complexity index is 763. The fraction of sp³-hybridized carbons (Fsp3) is 0.391. The first kappa shape index (κ1) is 21.5. The molecule has 0 spiro atoms. The van der Waals surface area contributed by atoms with E-state index in [0.29, 0.717) is 12.8 Å². The number of hydrogen-bond acceptors (Lipinski definition) is 3. The summed E-state index contributed by atoms with van der Waals surface area (Å²) in [6.45, 7) is 5.22. The SMILES string of the molecule is CC(C)(C)OC(=O)NC(CCCCc1ccc(-c2ccccc2)cc1)C(=O)O. The average molecular weight is 383 g/mol. The summed E-state index contributed by atoms with van der Waals surface area (Å²) in [6, 6.07) is 17.7. The molecule has 5 nitrogen and oxygen atoms in total. The van der Waals surface area contributed by atoms with Crippen LogP contribution in [-0.2, 0) is 16.0 Å². The number of alkyl carbamates (subject to hydrolysis) is 1. The predicted octanol–water partition coefficient (Wildman–Crippen LogP) is 5.04. The number of unbranched alkanes of at least 4 members (excludes halogenated alkanes) is 1. The highest BCUT2D eigenvalue weighted by Crippen LogP contribution is 2.20. The number of nitrogens with one attached hydrogen (secondary N) is 1. The summed E-state index contributed by atoms with van der Waals surface area (Å²) < 4.78 is 5.13. The van der Waals surface area contributed by atoms with Crippen molar-refractivity contribution in [1.29, 1.82) is 0 Å². The molecule has 1 unspecified atom stereocenters. The standard InChI is InChI=1S/C23H29NO4/c1-23(2,3)28-22(27)24-20(21(25)26)12-8-7-9-17-13-15-19(16-14-17)18-10-5-4-6-11-18/h4-6,10-11,13-16,20H,7-9,12H2,1-3H3,(H,24,27)(H,25,26). The van der Waals surface area contributed by atoms with Gasteiger partial charge in [0.25, 0.3) is 0 Å². The lowest BCUT2D eigenvalue weighted by Gasteiger charge is -2.22. The molecule has 5 heteroatoms. The number of carboxylic acids is 1. The quantitative estimate of drug-likeness (QED) is 0.626. The van der Waals surface area contributed by atoms with E-state index in [0.717, 1.165) is 12.8 Å². The van der Waals surface area contributed by atoms with Gasteiger partial charge in [0.05, 0.1) is 0 Å². The number of benzene rings is 2. The number of carboxylic acid groups (broad SMARTS) is 1. The van der Waals surface area contributed by atoms with Crippen LogP contribution < -0.4 is 5.32 Å². The fourth-order valence-corrected chi connectivity index (χ4v) is 2.88. The predicted molar refractivity (Wildman–Crippen MR) is 110 cm³/mol. The normalized spacial score (nSPS) is 12.2. The minimum Gasteiger partial charge on any atom is -0.480 e. The van der Waals surface area contributed by atoms with Gasteiger partial charge in [0.15, 0.2) is 0 Å². The summed E-state index contributed by atoms with van der Waals surface area (Å²) in [7, 11) is 0. The van der Waals surface area contributed by atoms with Gasteiger partial charge in [-0.3, -0.25) is 0 Å². The Morgan fingerprint density at radius 2 is 1.57 bits per heavy atom. The average Bonchev–Trinajstić information content (AvgIpc) is 2.64. The van der Waals surface area contributed by atoms with Crippen LogP contribution in [0.1, 0.15) is 45.6 Å². The molecule has 28 heavy (non-hydrogen) atoms. The molecule has 0 aliphatic rings. The molecule has 0 radical (unpaired) electrons. The van der Waals surface area contributed by atoms with E-state index in [2.05, 4.69) is 41.7 Å². The van der Waals surface area contributed by atoms with E-state index < -0.39 is 23.7 Å². The molecule has 0 aliphatic heterocycles. The molecule has 2 aromatic carbocycles. The highest BCUT2D eigenvalue weighted by Gasteiger charge is 2.23. The van der Waals surface area contributed by atoms with Crippen molar-refractivity contribution in [3.63, 3.8) is 0 Å². The minimum absolute atomic E-state index is 0.372.